The fourth-order valence-electron chi connectivity index (χ4n) is 5.14. The Morgan fingerprint density at radius 3 is 2.71 bits per heavy atom. The van der Waals surface area contributed by atoms with Crippen molar-refractivity contribution in [3.63, 3.8) is 0 Å². The molecule has 0 aromatic heterocycles. The third kappa shape index (κ3) is 7.21. The summed E-state index contributed by atoms with van der Waals surface area (Å²) in [5.41, 5.74) is 1.67. The number of hydrogen-bond acceptors (Lipinski definition) is 4. The maximum Gasteiger partial charge on any atom is 0.224 e. The van der Waals surface area contributed by atoms with Gasteiger partial charge in [-0.15, -0.1) is 0 Å². The Bertz CT molecular complexity index is 670. The maximum absolute atomic E-state index is 12.5. The fourth-order valence-corrected chi connectivity index (χ4v) is 5.14. The van der Waals surface area contributed by atoms with Crippen LogP contribution in [0.3, 0.4) is 0 Å². The van der Waals surface area contributed by atoms with Crippen molar-refractivity contribution in [2.75, 3.05) is 53.0 Å². The number of unbranched alkanes of at least 4 members (excludes halogenated alkanes) is 1. The minimum Gasteiger partial charge on any atom is -0.492 e. The molecule has 2 aliphatic heterocycles. The van der Waals surface area contributed by atoms with E-state index < -0.39 is 0 Å². The molecule has 1 aromatic rings. The van der Waals surface area contributed by atoms with E-state index in [0.29, 0.717) is 18.4 Å². The standard InChI is InChI=1S/C26H42N2O3/c1-3-4-16-27-19-21-31-24-11-6-5-9-23(24)10-7-8-13-26(22-27)14-17-28(18-15-26)25(29)12-20-30-2/h5-6,9,11H,3-4,7-8,10,12-22H2,1-2H3. The number of piperidine rings is 1. The van der Waals surface area contributed by atoms with Crippen molar-refractivity contribution in [3.8, 4) is 5.75 Å². The number of amides is 1. The van der Waals surface area contributed by atoms with Crippen molar-refractivity contribution in [2.24, 2.45) is 5.41 Å². The van der Waals surface area contributed by atoms with Gasteiger partial charge in [-0.1, -0.05) is 38.0 Å². The number of methoxy groups -OCH3 is 1. The van der Waals surface area contributed by atoms with E-state index in [1.165, 1.54) is 37.7 Å². The summed E-state index contributed by atoms with van der Waals surface area (Å²) in [7, 11) is 1.66. The number of likely N-dealkylation sites (tertiary alicyclic amines) is 1. The zero-order valence-corrected chi connectivity index (χ0v) is 19.7. The van der Waals surface area contributed by atoms with Crippen LogP contribution in [0.5, 0.6) is 5.75 Å². The lowest BCUT2D eigenvalue weighted by molar-refractivity contribution is -0.134. The van der Waals surface area contributed by atoms with Gasteiger partial charge in [-0.3, -0.25) is 9.69 Å². The molecule has 2 heterocycles. The van der Waals surface area contributed by atoms with Gasteiger partial charge in [0.1, 0.15) is 12.4 Å². The topological polar surface area (TPSA) is 42.0 Å². The van der Waals surface area contributed by atoms with Crippen LogP contribution in [0.1, 0.15) is 63.9 Å². The van der Waals surface area contributed by atoms with Crippen molar-refractivity contribution < 1.29 is 14.3 Å². The van der Waals surface area contributed by atoms with Crippen LogP contribution in [-0.2, 0) is 16.0 Å². The van der Waals surface area contributed by atoms with Crippen LogP contribution in [0.25, 0.3) is 0 Å². The molecule has 31 heavy (non-hydrogen) atoms. The summed E-state index contributed by atoms with van der Waals surface area (Å²) < 4.78 is 11.3. The number of benzene rings is 1. The van der Waals surface area contributed by atoms with Crippen molar-refractivity contribution in [1.82, 2.24) is 9.80 Å². The van der Waals surface area contributed by atoms with Crippen LogP contribution >= 0.6 is 0 Å². The third-order valence-electron chi connectivity index (χ3n) is 7.12. The van der Waals surface area contributed by atoms with Gasteiger partial charge in [-0.25, -0.2) is 0 Å². The van der Waals surface area contributed by atoms with Crippen LogP contribution in [0.4, 0.5) is 0 Å². The van der Waals surface area contributed by atoms with E-state index in [-0.39, 0.29) is 5.91 Å². The molecule has 0 atom stereocenters. The highest BCUT2D eigenvalue weighted by Crippen LogP contribution is 2.38. The monoisotopic (exact) mass is 430 g/mol. The van der Waals surface area contributed by atoms with Crippen LogP contribution < -0.4 is 4.74 Å². The van der Waals surface area contributed by atoms with E-state index in [9.17, 15) is 4.79 Å². The lowest BCUT2D eigenvalue weighted by atomic mass is 9.73. The molecule has 5 heteroatoms. The van der Waals surface area contributed by atoms with Gasteiger partial charge in [0.15, 0.2) is 0 Å². The number of para-hydroxylation sites is 1. The van der Waals surface area contributed by atoms with Crippen LogP contribution in [0.15, 0.2) is 24.3 Å². The fraction of sp³-hybridized carbons (Fsp3) is 0.731. The second kappa shape index (κ2) is 12.4. The molecule has 1 saturated heterocycles. The lowest BCUT2D eigenvalue weighted by Gasteiger charge is -2.45. The quantitative estimate of drug-likeness (QED) is 0.665. The molecule has 0 radical (unpaired) electrons. The van der Waals surface area contributed by atoms with Gasteiger partial charge >= 0.3 is 0 Å². The van der Waals surface area contributed by atoms with Crippen molar-refractivity contribution in [1.29, 1.82) is 0 Å². The second-order valence-electron chi connectivity index (χ2n) is 9.42. The van der Waals surface area contributed by atoms with Gasteiger partial charge < -0.3 is 14.4 Å². The molecule has 0 aliphatic carbocycles. The summed E-state index contributed by atoms with van der Waals surface area (Å²) in [5.74, 6) is 1.31. The van der Waals surface area contributed by atoms with E-state index in [1.807, 2.05) is 0 Å². The molecule has 1 aromatic carbocycles. The SMILES string of the molecule is CCCCN1CCOc2ccccc2CCCCC2(CCN(C(=O)CCOC)CC2)C1. The Balaban J connectivity index is 1.67. The Morgan fingerprint density at radius 1 is 1.13 bits per heavy atom. The zero-order chi connectivity index (χ0) is 21.9. The van der Waals surface area contributed by atoms with Gasteiger partial charge in [0.05, 0.1) is 13.0 Å². The number of carbonyl (C=O) groups excluding carboxylic acids is 1. The molecule has 0 saturated carbocycles. The van der Waals surface area contributed by atoms with Crippen LogP contribution in [0.2, 0.25) is 0 Å². The minimum atomic E-state index is 0.248. The minimum absolute atomic E-state index is 0.248. The Morgan fingerprint density at radius 2 is 1.94 bits per heavy atom. The number of carbonyl (C=O) groups is 1. The van der Waals surface area contributed by atoms with E-state index in [4.69, 9.17) is 9.47 Å². The number of aryl methyl sites for hydroxylation is 1. The molecule has 1 spiro atoms. The van der Waals surface area contributed by atoms with Gasteiger partial charge in [0.2, 0.25) is 5.91 Å². The van der Waals surface area contributed by atoms with E-state index >= 15 is 0 Å². The summed E-state index contributed by atoms with van der Waals surface area (Å²) >= 11 is 0. The zero-order valence-electron chi connectivity index (χ0n) is 19.7. The summed E-state index contributed by atoms with van der Waals surface area (Å²) in [6.07, 6.45) is 9.98. The highest BCUT2D eigenvalue weighted by molar-refractivity contribution is 5.76. The van der Waals surface area contributed by atoms with Crippen LogP contribution in [0, 0.1) is 5.41 Å². The first-order valence-corrected chi connectivity index (χ1v) is 12.4. The van der Waals surface area contributed by atoms with E-state index in [0.717, 1.165) is 64.3 Å². The molecular formula is C26H42N2O3. The predicted octanol–water partition coefficient (Wildman–Crippen LogP) is 4.54. The average Bonchev–Trinajstić information content (AvgIpc) is 2.79. The van der Waals surface area contributed by atoms with Gasteiger partial charge in [0, 0.05) is 33.3 Å². The molecule has 1 fully saturated rings. The molecule has 5 nitrogen and oxygen atoms in total. The van der Waals surface area contributed by atoms with Crippen molar-refractivity contribution in [3.05, 3.63) is 29.8 Å². The predicted molar refractivity (Wildman–Crippen MR) is 126 cm³/mol. The summed E-state index contributed by atoms with van der Waals surface area (Å²) in [6, 6.07) is 8.54. The highest BCUT2D eigenvalue weighted by Gasteiger charge is 2.36. The van der Waals surface area contributed by atoms with Crippen LogP contribution in [-0.4, -0.2) is 68.8 Å². The summed E-state index contributed by atoms with van der Waals surface area (Å²) in [5, 5.41) is 0. The molecular weight excluding hydrogens is 388 g/mol. The molecule has 174 valence electrons. The van der Waals surface area contributed by atoms with Gasteiger partial charge in [-0.2, -0.15) is 0 Å². The van der Waals surface area contributed by atoms with Crippen molar-refractivity contribution in [2.45, 2.75) is 64.7 Å². The molecule has 3 rings (SSSR count). The lowest BCUT2D eigenvalue weighted by Crippen LogP contribution is -2.49. The smallest absolute Gasteiger partial charge is 0.224 e. The Kier molecular flexibility index (Phi) is 9.66. The molecule has 2 aliphatic rings. The van der Waals surface area contributed by atoms with Gasteiger partial charge in [-0.05, 0) is 62.1 Å². The Hall–Kier alpha value is -1.59. The third-order valence-corrected chi connectivity index (χ3v) is 7.12. The molecule has 0 N–H and O–H groups in total. The first-order chi connectivity index (χ1) is 15.2. The molecule has 0 unspecified atom stereocenters. The first kappa shape index (κ1) is 24.1. The number of nitrogens with zero attached hydrogens (tertiary/aromatic N) is 2. The molecule has 0 bridgehead atoms. The summed E-state index contributed by atoms with van der Waals surface area (Å²) in [4.78, 5) is 17.2. The maximum atomic E-state index is 12.5. The van der Waals surface area contributed by atoms with E-state index in [2.05, 4.69) is 41.0 Å². The average molecular weight is 431 g/mol. The number of rotatable bonds is 6. The number of hydrogen-bond donors (Lipinski definition) is 0. The van der Waals surface area contributed by atoms with E-state index in [1.54, 1.807) is 7.11 Å². The van der Waals surface area contributed by atoms with Gasteiger partial charge in [0.25, 0.3) is 0 Å². The Labute approximate surface area is 189 Å². The van der Waals surface area contributed by atoms with Crippen molar-refractivity contribution >= 4 is 5.91 Å². The second-order valence-corrected chi connectivity index (χ2v) is 9.42. The number of ether oxygens (including phenoxy) is 2. The number of fused-ring (bicyclic) bond motifs is 1. The molecule has 1 amide bonds. The highest BCUT2D eigenvalue weighted by atomic mass is 16.5. The summed E-state index contributed by atoms with van der Waals surface area (Å²) in [6.45, 7) is 8.58. The first-order valence-electron chi connectivity index (χ1n) is 12.4. The largest absolute Gasteiger partial charge is 0.492 e. The normalized spacial score (nSPS) is 20.4.